The Labute approximate surface area is 108 Å². The van der Waals surface area contributed by atoms with Gasteiger partial charge in [-0.05, 0) is 65.1 Å². The SMILES string of the molecule is Cc1cc2c(c3c1C=CCC3)-c1ccccc1C2. The molecule has 0 heteroatoms. The first-order valence-corrected chi connectivity index (χ1v) is 6.75. The fourth-order valence-electron chi connectivity index (χ4n) is 3.50. The number of hydrogen-bond acceptors (Lipinski definition) is 0. The maximum Gasteiger partial charge on any atom is -0.00132 e. The van der Waals surface area contributed by atoms with Gasteiger partial charge < -0.3 is 0 Å². The van der Waals surface area contributed by atoms with Crippen LogP contribution in [0.1, 0.15) is 34.2 Å². The van der Waals surface area contributed by atoms with Crippen LogP contribution in [-0.4, -0.2) is 0 Å². The van der Waals surface area contributed by atoms with Crippen molar-refractivity contribution < 1.29 is 0 Å². The normalized spacial score (nSPS) is 15.2. The van der Waals surface area contributed by atoms with Gasteiger partial charge in [0.15, 0.2) is 0 Å². The highest BCUT2D eigenvalue weighted by Crippen LogP contribution is 2.42. The van der Waals surface area contributed by atoms with Crippen molar-refractivity contribution in [3.8, 4) is 11.1 Å². The third-order valence-corrected chi connectivity index (χ3v) is 4.28. The molecule has 0 aliphatic heterocycles. The van der Waals surface area contributed by atoms with Crippen LogP contribution in [-0.2, 0) is 12.8 Å². The van der Waals surface area contributed by atoms with Crippen LogP contribution < -0.4 is 0 Å². The Morgan fingerprint density at radius 3 is 2.89 bits per heavy atom. The second-order valence-corrected chi connectivity index (χ2v) is 5.39. The van der Waals surface area contributed by atoms with Crippen LogP contribution in [0.4, 0.5) is 0 Å². The predicted octanol–water partition coefficient (Wildman–Crippen LogP) is 4.53. The van der Waals surface area contributed by atoms with Gasteiger partial charge in [-0.15, -0.1) is 0 Å². The van der Waals surface area contributed by atoms with Crippen molar-refractivity contribution in [2.75, 3.05) is 0 Å². The van der Waals surface area contributed by atoms with Crippen molar-refractivity contribution in [2.45, 2.75) is 26.2 Å². The molecule has 2 aromatic carbocycles. The summed E-state index contributed by atoms with van der Waals surface area (Å²) in [5.41, 5.74) is 10.5. The summed E-state index contributed by atoms with van der Waals surface area (Å²) in [6.07, 6.45) is 8.12. The van der Waals surface area contributed by atoms with Gasteiger partial charge in [0.05, 0.1) is 0 Å². The van der Waals surface area contributed by atoms with E-state index in [1.807, 2.05) is 0 Å². The van der Waals surface area contributed by atoms with E-state index in [0.717, 1.165) is 6.42 Å². The first kappa shape index (κ1) is 10.1. The Morgan fingerprint density at radius 1 is 1.06 bits per heavy atom. The van der Waals surface area contributed by atoms with E-state index in [-0.39, 0.29) is 0 Å². The molecule has 0 unspecified atom stereocenters. The molecule has 0 N–H and O–H groups in total. The number of aryl methyl sites for hydroxylation is 1. The molecular weight excluding hydrogens is 216 g/mol. The Bertz CT molecular complexity index is 675. The maximum atomic E-state index is 2.39. The minimum Gasteiger partial charge on any atom is -0.0836 e. The fraction of sp³-hybridized carbons (Fsp3) is 0.222. The quantitative estimate of drug-likeness (QED) is 0.534. The van der Waals surface area contributed by atoms with Crippen LogP contribution in [0.5, 0.6) is 0 Å². The summed E-state index contributed by atoms with van der Waals surface area (Å²) in [7, 11) is 0. The van der Waals surface area contributed by atoms with Gasteiger partial charge >= 0.3 is 0 Å². The molecule has 2 aliphatic carbocycles. The molecule has 88 valence electrons. The molecule has 0 bridgehead atoms. The van der Waals surface area contributed by atoms with Crippen molar-refractivity contribution >= 4 is 6.08 Å². The van der Waals surface area contributed by atoms with Crippen LogP contribution in [0, 0.1) is 6.92 Å². The Balaban J connectivity index is 2.08. The summed E-state index contributed by atoms with van der Waals surface area (Å²) in [4.78, 5) is 0. The third-order valence-electron chi connectivity index (χ3n) is 4.28. The van der Waals surface area contributed by atoms with Gasteiger partial charge in [0.25, 0.3) is 0 Å². The summed E-state index contributed by atoms with van der Waals surface area (Å²) >= 11 is 0. The predicted molar refractivity (Wildman–Crippen MR) is 76.8 cm³/mol. The second-order valence-electron chi connectivity index (χ2n) is 5.39. The Hall–Kier alpha value is -1.82. The first-order valence-electron chi connectivity index (χ1n) is 6.75. The number of benzene rings is 2. The molecule has 0 aromatic heterocycles. The van der Waals surface area contributed by atoms with Gasteiger partial charge in [-0.25, -0.2) is 0 Å². The number of allylic oxidation sites excluding steroid dienone is 1. The van der Waals surface area contributed by atoms with E-state index >= 15 is 0 Å². The summed E-state index contributed by atoms with van der Waals surface area (Å²) in [6.45, 7) is 2.25. The van der Waals surface area contributed by atoms with Crippen LogP contribution >= 0.6 is 0 Å². The highest BCUT2D eigenvalue weighted by Gasteiger charge is 2.24. The van der Waals surface area contributed by atoms with E-state index in [1.165, 1.54) is 46.2 Å². The lowest BCUT2D eigenvalue weighted by Crippen LogP contribution is -2.01. The summed E-state index contributed by atoms with van der Waals surface area (Å²) in [5, 5.41) is 0. The van der Waals surface area contributed by atoms with E-state index in [4.69, 9.17) is 0 Å². The first-order chi connectivity index (χ1) is 8.84. The molecule has 0 amide bonds. The van der Waals surface area contributed by atoms with Gasteiger partial charge in [0.1, 0.15) is 0 Å². The number of rotatable bonds is 0. The highest BCUT2D eigenvalue weighted by molar-refractivity contribution is 5.84. The lowest BCUT2D eigenvalue weighted by atomic mass is 9.86. The zero-order chi connectivity index (χ0) is 12.1. The van der Waals surface area contributed by atoms with Crippen LogP contribution in [0.2, 0.25) is 0 Å². The number of hydrogen-bond donors (Lipinski definition) is 0. The molecule has 0 atom stereocenters. The smallest absolute Gasteiger partial charge is 0.00132 e. The molecule has 0 radical (unpaired) electrons. The van der Waals surface area contributed by atoms with E-state index in [1.54, 1.807) is 5.56 Å². The topological polar surface area (TPSA) is 0 Å². The maximum absolute atomic E-state index is 2.39. The molecule has 0 heterocycles. The van der Waals surface area contributed by atoms with Crippen LogP contribution in [0.25, 0.3) is 17.2 Å². The zero-order valence-corrected chi connectivity index (χ0v) is 10.7. The largest absolute Gasteiger partial charge is 0.0836 e. The van der Waals surface area contributed by atoms with E-state index < -0.39 is 0 Å². The second kappa shape index (κ2) is 3.58. The lowest BCUT2D eigenvalue weighted by molar-refractivity contribution is 0.981. The molecule has 0 saturated heterocycles. The van der Waals surface area contributed by atoms with E-state index in [2.05, 4.69) is 49.4 Å². The van der Waals surface area contributed by atoms with Gasteiger partial charge in [0.2, 0.25) is 0 Å². The van der Waals surface area contributed by atoms with Crippen molar-refractivity contribution in [1.82, 2.24) is 0 Å². The van der Waals surface area contributed by atoms with Gasteiger partial charge in [-0.2, -0.15) is 0 Å². The number of fused-ring (bicyclic) bond motifs is 5. The minimum absolute atomic E-state index is 1.11. The molecule has 2 aromatic rings. The van der Waals surface area contributed by atoms with Gasteiger partial charge in [-0.3, -0.25) is 0 Å². The minimum atomic E-state index is 1.11. The van der Waals surface area contributed by atoms with Gasteiger partial charge in [0, 0.05) is 0 Å². The van der Waals surface area contributed by atoms with Crippen LogP contribution in [0.15, 0.2) is 36.4 Å². The summed E-state index contributed by atoms with van der Waals surface area (Å²) in [5.74, 6) is 0. The molecule has 2 aliphatic rings. The fourth-order valence-corrected chi connectivity index (χ4v) is 3.50. The molecule has 0 spiro atoms. The van der Waals surface area contributed by atoms with E-state index in [9.17, 15) is 0 Å². The standard InChI is InChI=1S/C18H16/c1-12-10-14-11-13-6-2-3-8-16(13)18(14)17-9-5-4-7-15(12)17/h2-4,6-8,10H,5,9,11H2,1H3. The van der Waals surface area contributed by atoms with Crippen molar-refractivity contribution in [3.05, 3.63) is 64.2 Å². The molecule has 0 saturated carbocycles. The molecule has 18 heavy (non-hydrogen) atoms. The zero-order valence-electron chi connectivity index (χ0n) is 10.7. The monoisotopic (exact) mass is 232 g/mol. The highest BCUT2D eigenvalue weighted by atomic mass is 14.3. The van der Waals surface area contributed by atoms with Crippen molar-refractivity contribution in [1.29, 1.82) is 0 Å². The average Bonchev–Trinajstić information content (AvgIpc) is 2.77. The summed E-state index contributed by atoms with van der Waals surface area (Å²) in [6, 6.07) is 11.3. The molecule has 4 rings (SSSR count). The Morgan fingerprint density at radius 2 is 1.94 bits per heavy atom. The average molecular weight is 232 g/mol. The summed E-state index contributed by atoms with van der Waals surface area (Å²) < 4.78 is 0. The lowest BCUT2D eigenvalue weighted by Gasteiger charge is -2.18. The van der Waals surface area contributed by atoms with Gasteiger partial charge in [-0.1, -0.05) is 42.5 Å². The van der Waals surface area contributed by atoms with Crippen LogP contribution in [0.3, 0.4) is 0 Å². The molecule has 0 fully saturated rings. The van der Waals surface area contributed by atoms with Crippen molar-refractivity contribution in [3.63, 3.8) is 0 Å². The molecule has 0 nitrogen and oxygen atoms in total. The Kier molecular flexibility index (Phi) is 2.02. The third kappa shape index (κ3) is 1.26. The van der Waals surface area contributed by atoms with E-state index in [0.29, 0.717) is 0 Å². The molecular formula is C18H16. The van der Waals surface area contributed by atoms with Crippen molar-refractivity contribution in [2.24, 2.45) is 0 Å².